The van der Waals surface area contributed by atoms with E-state index in [2.05, 4.69) is 40.7 Å². The number of fused-ring (bicyclic) bond motifs is 2. The lowest BCUT2D eigenvalue weighted by atomic mass is 10.0. The maximum absolute atomic E-state index is 15.2. The monoisotopic (exact) mass is 567 g/mol. The van der Waals surface area contributed by atoms with Gasteiger partial charge in [-0.15, -0.1) is 0 Å². The molecule has 4 heterocycles. The highest BCUT2D eigenvalue weighted by atomic mass is 19.1. The number of rotatable bonds is 10. The molecule has 0 unspecified atom stereocenters. The molecule has 0 aliphatic rings. The number of H-pyrrole nitrogens is 2. The van der Waals surface area contributed by atoms with E-state index in [1.165, 1.54) is 18.2 Å². The molecule has 4 aromatic heterocycles. The van der Waals surface area contributed by atoms with E-state index in [1.807, 2.05) is 39.2 Å². The summed E-state index contributed by atoms with van der Waals surface area (Å²) in [5.74, 6) is -0.258. The normalized spacial score (nSPS) is 11.7. The lowest BCUT2D eigenvalue weighted by Gasteiger charge is -2.12. The van der Waals surface area contributed by atoms with Gasteiger partial charge < -0.3 is 20.5 Å². The van der Waals surface area contributed by atoms with Crippen LogP contribution in [0.15, 0.2) is 61.1 Å². The van der Waals surface area contributed by atoms with Crippen molar-refractivity contribution in [3.8, 4) is 33.9 Å². The van der Waals surface area contributed by atoms with Crippen LogP contribution in [0, 0.1) is 11.6 Å². The van der Waals surface area contributed by atoms with Crippen LogP contribution >= 0.6 is 0 Å². The van der Waals surface area contributed by atoms with Gasteiger partial charge in [0, 0.05) is 72.1 Å². The summed E-state index contributed by atoms with van der Waals surface area (Å²) in [5, 5.41) is 14.6. The van der Waals surface area contributed by atoms with Crippen LogP contribution in [0.4, 0.5) is 14.5 Å². The summed E-state index contributed by atoms with van der Waals surface area (Å²) in [4.78, 5) is 19.1. The maximum atomic E-state index is 15.2. The molecule has 2 aromatic carbocycles. The Labute approximate surface area is 241 Å². The van der Waals surface area contributed by atoms with Gasteiger partial charge in [-0.25, -0.2) is 13.8 Å². The third kappa shape index (κ3) is 5.56. The van der Waals surface area contributed by atoms with Gasteiger partial charge in [0.25, 0.3) is 0 Å². The fraction of sp³-hybridized carbons (Fsp3) is 0.226. The van der Waals surface area contributed by atoms with Crippen molar-refractivity contribution in [1.29, 1.82) is 0 Å². The number of anilines is 1. The highest BCUT2D eigenvalue weighted by molar-refractivity contribution is 5.97. The minimum Gasteiger partial charge on any atom is -0.384 e. The molecule has 0 fully saturated rings. The zero-order chi connectivity index (χ0) is 29.2. The van der Waals surface area contributed by atoms with Crippen molar-refractivity contribution in [2.24, 2.45) is 0 Å². The largest absolute Gasteiger partial charge is 0.384 e. The van der Waals surface area contributed by atoms with Crippen LogP contribution in [-0.2, 0) is 6.54 Å². The molecule has 9 nitrogen and oxygen atoms in total. The van der Waals surface area contributed by atoms with Crippen molar-refractivity contribution < 1.29 is 8.78 Å². The molecule has 0 radical (unpaired) electrons. The van der Waals surface area contributed by atoms with Crippen LogP contribution in [0.25, 0.3) is 55.8 Å². The van der Waals surface area contributed by atoms with Crippen LogP contribution in [-0.4, -0.2) is 68.8 Å². The van der Waals surface area contributed by atoms with E-state index >= 15 is 4.39 Å². The Balaban J connectivity index is 1.39. The van der Waals surface area contributed by atoms with Crippen molar-refractivity contribution in [3.63, 3.8) is 0 Å². The molecule has 11 heteroatoms. The Morgan fingerprint density at radius 2 is 1.83 bits per heavy atom. The van der Waals surface area contributed by atoms with Gasteiger partial charge in [-0.3, -0.25) is 15.1 Å². The Kier molecular flexibility index (Phi) is 7.60. The number of pyridine rings is 2. The van der Waals surface area contributed by atoms with Crippen molar-refractivity contribution in [2.75, 3.05) is 39.0 Å². The second-order valence-electron chi connectivity index (χ2n) is 10.4. The van der Waals surface area contributed by atoms with E-state index in [9.17, 15) is 4.39 Å². The second kappa shape index (κ2) is 11.6. The third-order valence-electron chi connectivity index (χ3n) is 7.02. The van der Waals surface area contributed by atoms with E-state index in [1.54, 1.807) is 24.7 Å². The second-order valence-corrected chi connectivity index (χ2v) is 10.4. The molecule has 6 aromatic rings. The Morgan fingerprint density at radius 1 is 0.952 bits per heavy atom. The number of aromatic nitrogens is 6. The first kappa shape index (κ1) is 27.4. The molecule has 4 N–H and O–H groups in total. The first-order valence-electron chi connectivity index (χ1n) is 13.8. The first-order chi connectivity index (χ1) is 20.4. The average molecular weight is 568 g/mol. The summed E-state index contributed by atoms with van der Waals surface area (Å²) in [6.45, 7) is 4.98. The highest BCUT2D eigenvalue weighted by Gasteiger charge is 2.19. The van der Waals surface area contributed by atoms with Crippen molar-refractivity contribution in [1.82, 2.24) is 40.3 Å². The van der Waals surface area contributed by atoms with Gasteiger partial charge in [0.05, 0.1) is 16.7 Å². The van der Waals surface area contributed by atoms with Gasteiger partial charge in [-0.1, -0.05) is 6.92 Å². The molecule has 0 bridgehead atoms. The molecular weight excluding hydrogens is 536 g/mol. The number of halogens is 2. The topological polar surface area (TPSA) is 110 Å². The number of nitrogens with zero attached hydrogens (tertiary/aromatic N) is 5. The molecule has 0 aliphatic carbocycles. The SMILES string of the molecule is CCNCc1cncc(-c2cc3c(-c4nc5c(-c6cc(F)cc(NCCN(C)C)c6)nccc5[nH]4)n[nH]c3cc2F)c1. The summed E-state index contributed by atoms with van der Waals surface area (Å²) in [6, 6.07) is 11.7. The number of hydrogen-bond donors (Lipinski definition) is 4. The van der Waals surface area contributed by atoms with Crippen LogP contribution in [0.3, 0.4) is 0 Å². The van der Waals surface area contributed by atoms with Crippen LogP contribution in [0.2, 0.25) is 0 Å². The van der Waals surface area contributed by atoms with Gasteiger partial charge in [0.2, 0.25) is 0 Å². The minimum atomic E-state index is -0.378. The van der Waals surface area contributed by atoms with Crippen LogP contribution < -0.4 is 10.6 Å². The summed E-state index contributed by atoms with van der Waals surface area (Å²) in [7, 11) is 3.97. The fourth-order valence-corrected chi connectivity index (χ4v) is 4.95. The standard InChI is InChI=1S/C31H31F2N9/c1-4-34-15-18-9-20(17-35-16-18)23-13-24-27(14-25(23)33)40-41-29(24)31-38-26-5-6-37-28(30(26)39-31)19-10-21(32)12-22(11-19)36-7-8-42(2)3/h5-6,9-14,16-17,34,36H,4,7-8,15H2,1-3H3,(H,38,39)(H,40,41). The van der Waals surface area contributed by atoms with E-state index in [0.717, 1.165) is 24.2 Å². The molecule has 0 saturated heterocycles. The fourth-order valence-electron chi connectivity index (χ4n) is 4.95. The number of nitrogens with one attached hydrogen (secondary N) is 4. The molecule has 214 valence electrons. The van der Waals surface area contributed by atoms with Gasteiger partial charge in [0.15, 0.2) is 5.82 Å². The van der Waals surface area contributed by atoms with Gasteiger partial charge in [-0.2, -0.15) is 5.10 Å². The highest BCUT2D eigenvalue weighted by Crippen LogP contribution is 2.34. The molecule has 0 saturated carbocycles. The van der Waals surface area contributed by atoms with Crippen molar-refractivity contribution in [2.45, 2.75) is 13.5 Å². The number of aromatic amines is 2. The van der Waals surface area contributed by atoms with Crippen LogP contribution in [0.5, 0.6) is 0 Å². The zero-order valence-corrected chi connectivity index (χ0v) is 23.6. The lowest BCUT2D eigenvalue weighted by Crippen LogP contribution is -2.20. The third-order valence-corrected chi connectivity index (χ3v) is 7.02. The maximum Gasteiger partial charge on any atom is 0.159 e. The van der Waals surface area contributed by atoms with Crippen molar-refractivity contribution >= 4 is 27.6 Å². The molecule has 0 atom stereocenters. The molecule has 6 rings (SSSR count). The molecule has 0 amide bonds. The predicted molar refractivity (Wildman–Crippen MR) is 162 cm³/mol. The molecular formula is C31H31F2N9. The Hall–Kier alpha value is -4.74. The minimum absolute atomic E-state index is 0.369. The van der Waals surface area contributed by atoms with Gasteiger partial charge >= 0.3 is 0 Å². The molecule has 0 aliphatic heterocycles. The smallest absolute Gasteiger partial charge is 0.159 e. The van der Waals surface area contributed by atoms with Crippen molar-refractivity contribution in [3.05, 3.63) is 78.3 Å². The number of likely N-dealkylation sites (N-methyl/N-ethyl adjacent to an activating group) is 1. The summed E-state index contributed by atoms with van der Waals surface area (Å²) >= 11 is 0. The van der Waals surface area contributed by atoms with E-state index in [4.69, 9.17) is 4.98 Å². The first-order valence-corrected chi connectivity index (χ1v) is 13.8. The summed E-state index contributed by atoms with van der Waals surface area (Å²) in [5.41, 5.74) is 6.25. The summed E-state index contributed by atoms with van der Waals surface area (Å²) in [6.07, 6.45) is 5.09. The number of hydrogen-bond acceptors (Lipinski definition) is 7. The molecule has 0 spiro atoms. The van der Waals surface area contributed by atoms with E-state index in [-0.39, 0.29) is 11.6 Å². The number of benzene rings is 2. The predicted octanol–water partition coefficient (Wildman–Crippen LogP) is 5.59. The Bertz CT molecular complexity index is 1880. The van der Waals surface area contributed by atoms with E-state index < -0.39 is 0 Å². The number of imidazole rings is 1. The Morgan fingerprint density at radius 3 is 2.67 bits per heavy atom. The summed E-state index contributed by atoms with van der Waals surface area (Å²) < 4.78 is 29.9. The lowest BCUT2D eigenvalue weighted by molar-refractivity contribution is 0.425. The van der Waals surface area contributed by atoms with Crippen LogP contribution in [0.1, 0.15) is 12.5 Å². The average Bonchev–Trinajstić information content (AvgIpc) is 3.59. The quantitative estimate of drug-likeness (QED) is 0.171. The van der Waals surface area contributed by atoms with Gasteiger partial charge in [0.1, 0.15) is 22.8 Å². The zero-order valence-electron chi connectivity index (χ0n) is 23.6. The van der Waals surface area contributed by atoms with Gasteiger partial charge in [-0.05, 0) is 62.6 Å². The van der Waals surface area contributed by atoms with E-state index in [0.29, 0.717) is 69.1 Å². The molecule has 42 heavy (non-hydrogen) atoms.